The van der Waals surface area contributed by atoms with Gasteiger partial charge in [-0.1, -0.05) is 19.8 Å². The molecule has 0 atom stereocenters. The van der Waals surface area contributed by atoms with Crippen molar-refractivity contribution >= 4 is 10.1 Å². The van der Waals surface area contributed by atoms with Crippen LogP contribution in [0.1, 0.15) is 49.4 Å². The van der Waals surface area contributed by atoms with Crippen LogP contribution < -0.4 is 0 Å². The van der Waals surface area contributed by atoms with E-state index in [0.717, 1.165) is 42.8 Å². The first kappa shape index (κ1) is 21.4. The van der Waals surface area contributed by atoms with Crippen molar-refractivity contribution in [3.05, 3.63) is 41.3 Å². The fraction of sp³-hybridized carbons (Fsp3) is 0.529. The highest BCUT2D eigenvalue weighted by molar-refractivity contribution is 7.85. The van der Waals surface area contributed by atoms with Gasteiger partial charge in [0, 0.05) is 12.4 Å². The third-order valence-electron chi connectivity index (χ3n) is 4.02. The zero-order valence-corrected chi connectivity index (χ0v) is 15.7. The summed E-state index contributed by atoms with van der Waals surface area (Å²) in [6.07, 6.45) is 2.09. The largest absolute Gasteiger partial charge is 0.417 e. The third-order valence-corrected chi connectivity index (χ3v) is 4.83. The summed E-state index contributed by atoms with van der Waals surface area (Å²) < 4.78 is 69.6. The van der Waals surface area contributed by atoms with Gasteiger partial charge in [-0.15, -0.1) is 0 Å². The van der Waals surface area contributed by atoms with Gasteiger partial charge < -0.3 is 0 Å². The predicted molar refractivity (Wildman–Crippen MR) is 94.3 cm³/mol. The van der Waals surface area contributed by atoms with E-state index >= 15 is 0 Å². The molecule has 2 aromatic rings. The molecule has 0 radical (unpaired) electrons. The number of hydrogen-bond donors (Lipinski definition) is 1. The Balaban J connectivity index is 2.07. The second-order valence-electron chi connectivity index (χ2n) is 6.30. The smallest absolute Gasteiger partial charge is 0.286 e. The summed E-state index contributed by atoms with van der Waals surface area (Å²) in [7, 11) is -3.94. The number of rotatable bonds is 9. The third kappa shape index (κ3) is 6.62. The highest BCUT2D eigenvalue weighted by Gasteiger charge is 2.30. The van der Waals surface area contributed by atoms with Crippen molar-refractivity contribution in [1.29, 1.82) is 0 Å². The van der Waals surface area contributed by atoms with Gasteiger partial charge in [0.1, 0.15) is 0 Å². The second kappa shape index (κ2) is 8.83. The van der Waals surface area contributed by atoms with Gasteiger partial charge in [-0.25, -0.2) is 9.67 Å². The molecule has 150 valence electrons. The first-order chi connectivity index (χ1) is 12.6. The minimum absolute atomic E-state index is 0.260. The number of aryl methyl sites for hydroxylation is 2. The van der Waals surface area contributed by atoms with Gasteiger partial charge in [-0.2, -0.15) is 26.7 Å². The number of nitrogens with zero attached hydrogens (tertiary/aromatic N) is 3. The van der Waals surface area contributed by atoms with Crippen LogP contribution >= 0.6 is 0 Å². The van der Waals surface area contributed by atoms with Gasteiger partial charge in [0.05, 0.1) is 17.0 Å². The predicted octanol–water partition coefficient (Wildman–Crippen LogP) is 3.84. The van der Waals surface area contributed by atoms with E-state index in [-0.39, 0.29) is 5.75 Å². The molecule has 0 saturated heterocycles. The number of pyridine rings is 1. The summed E-state index contributed by atoms with van der Waals surface area (Å²) in [6, 6.07) is 2.25. The molecule has 27 heavy (non-hydrogen) atoms. The molecular formula is C17H22F3N3O3S. The van der Waals surface area contributed by atoms with Gasteiger partial charge in [-0.05, 0) is 43.4 Å². The van der Waals surface area contributed by atoms with Crippen molar-refractivity contribution in [3.63, 3.8) is 0 Å². The van der Waals surface area contributed by atoms with Crippen molar-refractivity contribution in [2.24, 2.45) is 0 Å². The fourth-order valence-electron chi connectivity index (χ4n) is 2.68. The summed E-state index contributed by atoms with van der Waals surface area (Å²) >= 11 is 0. The van der Waals surface area contributed by atoms with E-state index in [2.05, 4.69) is 10.1 Å². The molecule has 6 nitrogen and oxygen atoms in total. The minimum atomic E-state index is -4.43. The van der Waals surface area contributed by atoms with Crippen molar-refractivity contribution in [2.45, 2.75) is 51.6 Å². The average molecular weight is 405 g/mol. The number of halogens is 3. The molecule has 2 heterocycles. The SMILES string of the molecule is CCCc1nn(-c2ccc(C(F)(F)F)cn2)cc1CCCCCS(=O)(=O)O. The molecule has 0 aliphatic rings. The monoisotopic (exact) mass is 405 g/mol. The summed E-state index contributed by atoms with van der Waals surface area (Å²) in [5, 5.41) is 4.44. The van der Waals surface area contributed by atoms with Crippen LogP contribution in [0.3, 0.4) is 0 Å². The molecule has 2 aromatic heterocycles. The zero-order valence-electron chi connectivity index (χ0n) is 14.9. The lowest BCUT2D eigenvalue weighted by molar-refractivity contribution is -0.137. The van der Waals surface area contributed by atoms with Crippen LogP contribution in [0.2, 0.25) is 0 Å². The van der Waals surface area contributed by atoms with Gasteiger partial charge in [0.25, 0.3) is 10.1 Å². The Labute approximate surface area is 156 Å². The van der Waals surface area contributed by atoms with Gasteiger partial charge in [-0.3, -0.25) is 4.55 Å². The lowest BCUT2D eigenvalue weighted by Gasteiger charge is -2.06. The molecule has 0 aliphatic heterocycles. The summed E-state index contributed by atoms with van der Waals surface area (Å²) in [4.78, 5) is 3.85. The Morgan fingerprint density at radius 1 is 1.15 bits per heavy atom. The van der Waals surface area contributed by atoms with E-state index in [9.17, 15) is 21.6 Å². The maximum Gasteiger partial charge on any atom is 0.417 e. The normalized spacial score (nSPS) is 12.5. The molecule has 0 fully saturated rings. The van der Waals surface area contributed by atoms with E-state index in [1.54, 1.807) is 6.20 Å². The molecular weight excluding hydrogens is 383 g/mol. The van der Waals surface area contributed by atoms with E-state index < -0.39 is 21.9 Å². The number of aromatic nitrogens is 3. The van der Waals surface area contributed by atoms with Crippen LogP contribution in [0.4, 0.5) is 13.2 Å². The molecule has 0 aliphatic carbocycles. The quantitative estimate of drug-likeness (QED) is 0.506. The molecule has 0 aromatic carbocycles. The van der Waals surface area contributed by atoms with Crippen LogP contribution in [-0.2, 0) is 29.1 Å². The molecule has 0 bridgehead atoms. The second-order valence-corrected chi connectivity index (χ2v) is 7.87. The van der Waals surface area contributed by atoms with Crippen LogP contribution in [-0.4, -0.2) is 33.5 Å². The molecule has 0 unspecified atom stereocenters. The van der Waals surface area contributed by atoms with Crippen molar-refractivity contribution in [1.82, 2.24) is 14.8 Å². The van der Waals surface area contributed by atoms with Crippen LogP contribution in [0, 0.1) is 0 Å². The Bertz CT molecular complexity index is 847. The lowest BCUT2D eigenvalue weighted by atomic mass is 10.1. The van der Waals surface area contributed by atoms with E-state index in [1.807, 2.05) is 6.92 Å². The van der Waals surface area contributed by atoms with Crippen LogP contribution in [0.5, 0.6) is 0 Å². The zero-order chi connectivity index (χ0) is 20.1. The van der Waals surface area contributed by atoms with Crippen molar-refractivity contribution in [3.8, 4) is 5.82 Å². The summed E-state index contributed by atoms with van der Waals surface area (Å²) in [5.41, 5.74) is 1.01. The minimum Gasteiger partial charge on any atom is -0.286 e. The maximum absolute atomic E-state index is 12.7. The van der Waals surface area contributed by atoms with Gasteiger partial charge in [0.2, 0.25) is 0 Å². The van der Waals surface area contributed by atoms with Gasteiger partial charge in [0.15, 0.2) is 5.82 Å². The van der Waals surface area contributed by atoms with Crippen molar-refractivity contribution in [2.75, 3.05) is 5.75 Å². The molecule has 0 saturated carbocycles. The topological polar surface area (TPSA) is 85.1 Å². The van der Waals surface area contributed by atoms with Crippen LogP contribution in [0.25, 0.3) is 5.82 Å². The number of unbranched alkanes of at least 4 members (excludes halogenated alkanes) is 2. The number of alkyl halides is 3. The maximum atomic E-state index is 12.7. The van der Waals surface area contributed by atoms with Crippen molar-refractivity contribution < 1.29 is 26.1 Å². The van der Waals surface area contributed by atoms with Crippen LogP contribution in [0.15, 0.2) is 24.5 Å². The molecule has 0 spiro atoms. The molecule has 0 amide bonds. The van der Waals surface area contributed by atoms with E-state index in [0.29, 0.717) is 25.1 Å². The Morgan fingerprint density at radius 3 is 2.44 bits per heavy atom. The Hall–Kier alpha value is -1.94. The Kier molecular flexibility index (Phi) is 6.99. The fourth-order valence-corrected chi connectivity index (χ4v) is 3.25. The molecule has 10 heteroatoms. The first-order valence-corrected chi connectivity index (χ1v) is 10.3. The highest BCUT2D eigenvalue weighted by Crippen LogP contribution is 2.28. The van der Waals surface area contributed by atoms with E-state index in [4.69, 9.17) is 4.55 Å². The molecule has 1 N–H and O–H groups in total. The highest BCUT2D eigenvalue weighted by atomic mass is 32.2. The lowest BCUT2D eigenvalue weighted by Crippen LogP contribution is -2.07. The Morgan fingerprint density at radius 2 is 1.89 bits per heavy atom. The van der Waals surface area contributed by atoms with Gasteiger partial charge >= 0.3 is 6.18 Å². The summed E-state index contributed by atoms with van der Waals surface area (Å²) in [5.74, 6) is 0.0433. The first-order valence-electron chi connectivity index (χ1n) is 8.66. The average Bonchev–Trinajstić information content (AvgIpc) is 2.96. The standard InChI is InChI=1S/C17H22F3N3O3S/c1-2-6-15-13(7-4-3-5-10-27(24,25)26)12-23(22-15)16-9-8-14(11-21-16)17(18,19)20/h8-9,11-12H,2-7,10H2,1H3,(H,24,25,26). The number of hydrogen-bond acceptors (Lipinski definition) is 4. The molecule has 2 rings (SSSR count). The van der Waals surface area contributed by atoms with E-state index in [1.165, 1.54) is 10.7 Å². The summed E-state index contributed by atoms with van der Waals surface area (Å²) in [6.45, 7) is 2.01.